The van der Waals surface area contributed by atoms with E-state index in [1.807, 2.05) is 91.0 Å². The van der Waals surface area contributed by atoms with Gasteiger partial charge in [0, 0.05) is 6.92 Å². The topological polar surface area (TPSA) is 72.5 Å². The average molecular weight is 533 g/mol. The highest BCUT2D eigenvalue weighted by Crippen LogP contribution is 2.31. The van der Waals surface area contributed by atoms with Crippen LogP contribution in [-0.4, -0.2) is 49.9 Å². The molecule has 3 aromatic rings. The van der Waals surface area contributed by atoms with Crippen LogP contribution in [0.4, 0.5) is 0 Å². The molecule has 0 aromatic heterocycles. The molecule has 0 N–H and O–H groups in total. The molecular formula is C32H36O7. The van der Waals surface area contributed by atoms with Crippen molar-refractivity contribution < 1.29 is 33.2 Å². The molecule has 39 heavy (non-hydrogen) atoms. The minimum Gasteiger partial charge on any atom is -0.463 e. The Balaban J connectivity index is 1.63. The number of carbonyl (C=O) groups excluding carboxylic acids is 1. The summed E-state index contributed by atoms with van der Waals surface area (Å²) in [6.45, 7) is 6.34. The Hall–Kier alpha value is -3.33. The van der Waals surface area contributed by atoms with Crippen molar-refractivity contribution >= 4 is 5.97 Å². The van der Waals surface area contributed by atoms with Crippen molar-refractivity contribution in [2.45, 2.75) is 57.5 Å². The maximum atomic E-state index is 11.7. The Morgan fingerprint density at radius 1 is 0.718 bits per heavy atom. The lowest BCUT2D eigenvalue weighted by Gasteiger charge is -2.45. The van der Waals surface area contributed by atoms with Gasteiger partial charge in [0.15, 0.2) is 6.29 Å². The maximum absolute atomic E-state index is 11.7. The number of esters is 1. The van der Waals surface area contributed by atoms with Crippen LogP contribution in [0.15, 0.2) is 104 Å². The van der Waals surface area contributed by atoms with Crippen LogP contribution in [0, 0.1) is 0 Å². The molecule has 1 aliphatic heterocycles. The minimum atomic E-state index is -0.801. The van der Waals surface area contributed by atoms with Crippen molar-refractivity contribution in [1.29, 1.82) is 0 Å². The lowest BCUT2D eigenvalue weighted by molar-refractivity contribution is -0.325. The molecule has 0 radical (unpaired) electrons. The van der Waals surface area contributed by atoms with Crippen molar-refractivity contribution in [3.63, 3.8) is 0 Å². The van der Waals surface area contributed by atoms with Gasteiger partial charge in [-0.05, 0) is 16.7 Å². The predicted molar refractivity (Wildman–Crippen MR) is 146 cm³/mol. The van der Waals surface area contributed by atoms with Crippen LogP contribution in [-0.2, 0) is 53.0 Å². The fraction of sp³-hybridized carbons (Fsp3) is 0.344. The van der Waals surface area contributed by atoms with E-state index in [2.05, 4.69) is 6.58 Å². The molecule has 1 heterocycles. The monoisotopic (exact) mass is 532 g/mol. The van der Waals surface area contributed by atoms with Gasteiger partial charge in [0.25, 0.3) is 0 Å². The molecule has 0 bridgehead atoms. The molecule has 0 spiro atoms. The van der Waals surface area contributed by atoms with Gasteiger partial charge >= 0.3 is 5.97 Å². The number of hydrogen-bond acceptors (Lipinski definition) is 7. The third-order valence-corrected chi connectivity index (χ3v) is 6.28. The van der Waals surface area contributed by atoms with Crippen LogP contribution in [0.25, 0.3) is 0 Å². The summed E-state index contributed by atoms with van der Waals surface area (Å²) in [6.07, 6.45) is -1.65. The minimum absolute atomic E-state index is 0.0145. The zero-order valence-corrected chi connectivity index (χ0v) is 22.2. The standard InChI is InChI=1S/C32H36O7/c1-3-19-34-32-31(38-22-27-17-11-6-12-18-27)30(37-21-26-15-9-5-10-16-26)29(28(39-32)23-35-24(2)33)36-20-25-13-7-4-8-14-25/h3-18,28-32H,1,19-23H2,2H3/t28-,29-,30+,31-,32+/m1/s1. The summed E-state index contributed by atoms with van der Waals surface area (Å²) in [7, 11) is 0. The summed E-state index contributed by atoms with van der Waals surface area (Å²) in [5.74, 6) is -0.409. The van der Waals surface area contributed by atoms with E-state index in [0.29, 0.717) is 19.8 Å². The van der Waals surface area contributed by atoms with Gasteiger partial charge in [-0.25, -0.2) is 0 Å². The molecule has 206 valence electrons. The molecule has 0 aliphatic carbocycles. The Bertz CT molecular complexity index is 1120. The Morgan fingerprint density at radius 2 is 1.18 bits per heavy atom. The highest BCUT2D eigenvalue weighted by Gasteiger charge is 2.49. The third-order valence-electron chi connectivity index (χ3n) is 6.28. The van der Waals surface area contributed by atoms with Gasteiger partial charge in [-0.2, -0.15) is 0 Å². The van der Waals surface area contributed by atoms with Crippen LogP contribution in [0.5, 0.6) is 0 Å². The molecule has 7 heteroatoms. The maximum Gasteiger partial charge on any atom is 0.302 e. The third kappa shape index (κ3) is 8.85. The molecule has 0 amide bonds. The first kappa shape index (κ1) is 28.7. The molecule has 7 nitrogen and oxygen atoms in total. The van der Waals surface area contributed by atoms with Crippen molar-refractivity contribution in [3.8, 4) is 0 Å². The van der Waals surface area contributed by atoms with Crippen molar-refractivity contribution in [1.82, 2.24) is 0 Å². The Morgan fingerprint density at radius 3 is 1.64 bits per heavy atom. The van der Waals surface area contributed by atoms with Crippen molar-refractivity contribution in [2.75, 3.05) is 13.2 Å². The molecule has 3 aromatic carbocycles. The summed E-state index contributed by atoms with van der Waals surface area (Å²) >= 11 is 0. The predicted octanol–water partition coefficient (Wildman–Crippen LogP) is 5.23. The molecule has 0 unspecified atom stereocenters. The normalized spacial score (nSPS) is 22.7. The molecule has 5 atom stereocenters. The Labute approximate surface area is 230 Å². The largest absolute Gasteiger partial charge is 0.463 e. The van der Waals surface area contributed by atoms with E-state index in [-0.39, 0.29) is 13.2 Å². The second-order valence-corrected chi connectivity index (χ2v) is 9.25. The fourth-order valence-electron chi connectivity index (χ4n) is 4.38. The van der Waals surface area contributed by atoms with Crippen molar-refractivity contribution in [2.24, 2.45) is 0 Å². The molecule has 1 fully saturated rings. The first-order chi connectivity index (χ1) is 19.1. The first-order valence-corrected chi connectivity index (χ1v) is 13.1. The Kier molecular flexibility index (Phi) is 11.3. The van der Waals surface area contributed by atoms with Gasteiger partial charge < -0.3 is 28.4 Å². The zero-order valence-electron chi connectivity index (χ0n) is 22.2. The smallest absolute Gasteiger partial charge is 0.302 e. The van der Waals surface area contributed by atoms with Crippen LogP contribution in [0.2, 0.25) is 0 Å². The molecule has 1 aliphatic rings. The summed E-state index contributed by atoms with van der Waals surface area (Å²) in [5, 5.41) is 0. The number of benzene rings is 3. The molecular weight excluding hydrogens is 496 g/mol. The lowest BCUT2D eigenvalue weighted by Crippen LogP contribution is -2.61. The van der Waals surface area contributed by atoms with Gasteiger partial charge in [0.1, 0.15) is 31.0 Å². The van der Waals surface area contributed by atoms with E-state index < -0.39 is 36.7 Å². The SMILES string of the molecule is C=CCO[C@H]1O[C@H](COC(C)=O)[C@@H](OCc2ccccc2)[C@H](OCc2ccccc2)[C@H]1OCc1ccccc1. The van der Waals surface area contributed by atoms with E-state index in [4.69, 9.17) is 28.4 Å². The zero-order chi connectivity index (χ0) is 27.3. The van der Waals surface area contributed by atoms with E-state index in [1.165, 1.54) is 6.92 Å². The van der Waals surface area contributed by atoms with E-state index in [0.717, 1.165) is 16.7 Å². The summed E-state index contributed by atoms with van der Waals surface area (Å²) in [4.78, 5) is 11.7. The second-order valence-electron chi connectivity index (χ2n) is 9.25. The van der Waals surface area contributed by atoms with E-state index >= 15 is 0 Å². The molecule has 0 saturated carbocycles. The average Bonchev–Trinajstić information content (AvgIpc) is 2.97. The van der Waals surface area contributed by atoms with Crippen LogP contribution in [0.3, 0.4) is 0 Å². The van der Waals surface area contributed by atoms with E-state index in [9.17, 15) is 4.79 Å². The van der Waals surface area contributed by atoms with Gasteiger partial charge in [-0.3, -0.25) is 4.79 Å². The van der Waals surface area contributed by atoms with Crippen molar-refractivity contribution in [3.05, 3.63) is 120 Å². The van der Waals surface area contributed by atoms with Gasteiger partial charge in [-0.1, -0.05) is 97.1 Å². The second kappa shape index (κ2) is 15.3. The van der Waals surface area contributed by atoms with Crippen LogP contribution >= 0.6 is 0 Å². The number of hydrogen-bond donors (Lipinski definition) is 0. The summed E-state index contributed by atoms with van der Waals surface area (Å²) in [6, 6.07) is 29.6. The van der Waals surface area contributed by atoms with E-state index in [1.54, 1.807) is 6.08 Å². The molecule has 1 saturated heterocycles. The van der Waals surface area contributed by atoms with Gasteiger partial charge in [0.2, 0.25) is 0 Å². The summed E-state index contributed by atoms with van der Waals surface area (Å²) in [5.41, 5.74) is 3.01. The highest BCUT2D eigenvalue weighted by atomic mass is 16.7. The quantitative estimate of drug-likeness (QED) is 0.208. The number of rotatable bonds is 14. The van der Waals surface area contributed by atoms with Crippen LogP contribution < -0.4 is 0 Å². The van der Waals surface area contributed by atoms with Crippen LogP contribution in [0.1, 0.15) is 23.6 Å². The summed E-state index contributed by atoms with van der Waals surface area (Å²) < 4.78 is 37.2. The molecule has 4 rings (SSSR count). The fourth-order valence-corrected chi connectivity index (χ4v) is 4.38. The first-order valence-electron chi connectivity index (χ1n) is 13.1. The van der Waals surface area contributed by atoms with Gasteiger partial charge in [0.05, 0.1) is 26.4 Å². The number of ether oxygens (including phenoxy) is 6. The highest BCUT2D eigenvalue weighted by molar-refractivity contribution is 5.65. The number of carbonyl (C=O) groups is 1. The lowest BCUT2D eigenvalue weighted by atomic mass is 9.97. The van der Waals surface area contributed by atoms with Gasteiger partial charge in [-0.15, -0.1) is 6.58 Å².